The molecule has 0 bridgehead atoms. The van der Waals surface area contributed by atoms with Crippen molar-refractivity contribution in [1.29, 1.82) is 0 Å². The van der Waals surface area contributed by atoms with Crippen molar-refractivity contribution < 1.29 is 23.8 Å². The summed E-state index contributed by atoms with van der Waals surface area (Å²) in [4.78, 5) is 25.7. The molecule has 0 saturated heterocycles. The maximum atomic E-state index is 13.3. The van der Waals surface area contributed by atoms with Gasteiger partial charge in [-0.25, -0.2) is 0 Å². The van der Waals surface area contributed by atoms with Gasteiger partial charge in [0.2, 0.25) is 5.78 Å². The van der Waals surface area contributed by atoms with E-state index in [-0.39, 0.29) is 29.9 Å². The molecule has 6 heteroatoms. The standard InChI is InChI=1S/C28H21NO5/c1-29-15-16(17-7-3-5-9-21(17)29)13-24-27(31)19-11-12-23-26(28(19)34-24)20(14-25(30)33-23)18-8-4-6-10-22(18)32-2/h3-13,15,20H,14H2,1-2H3/b24-13-. The van der Waals surface area contributed by atoms with Crippen molar-refractivity contribution in [1.82, 2.24) is 4.57 Å². The van der Waals surface area contributed by atoms with Gasteiger partial charge < -0.3 is 18.8 Å². The number of esters is 1. The summed E-state index contributed by atoms with van der Waals surface area (Å²) in [6, 6.07) is 18.9. The van der Waals surface area contributed by atoms with Crippen LogP contribution in [-0.4, -0.2) is 23.4 Å². The third-order valence-electron chi connectivity index (χ3n) is 6.51. The number of para-hydroxylation sites is 2. The van der Waals surface area contributed by atoms with E-state index in [1.807, 2.05) is 66.3 Å². The van der Waals surface area contributed by atoms with E-state index in [4.69, 9.17) is 14.2 Å². The van der Waals surface area contributed by atoms with E-state index in [1.54, 1.807) is 25.3 Å². The SMILES string of the molecule is COc1ccccc1C1CC(=O)Oc2ccc3c(c21)O/C(=C\c1cn(C)c2ccccc12)C3=O. The summed E-state index contributed by atoms with van der Waals surface area (Å²) >= 11 is 0. The molecule has 0 N–H and O–H groups in total. The van der Waals surface area contributed by atoms with Gasteiger partial charge in [0.1, 0.15) is 17.2 Å². The number of methoxy groups -OCH3 is 1. The van der Waals surface area contributed by atoms with E-state index in [2.05, 4.69) is 0 Å². The number of Topliss-reactive ketones (excluding diaryl/α,β-unsaturated/α-hetero) is 1. The van der Waals surface area contributed by atoms with E-state index in [0.29, 0.717) is 28.4 Å². The summed E-state index contributed by atoms with van der Waals surface area (Å²) in [6.07, 6.45) is 3.89. The zero-order valence-corrected chi connectivity index (χ0v) is 18.7. The number of allylic oxidation sites excluding steroid dienone is 1. The number of hydrogen-bond acceptors (Lipinski definition) is 5. The van der Waals surface area contributed by atoms with Gasteiger partial charge in [0, 0.05) is 46.8 Å². The molecule has 2 aliphatic rings. The van der Waals surface area contributed by atoms with Crippen molar-refractivity contribution in [3.8, 4) is 17.2 Å². The minimum Gasteiger partial charge on any atom is -0.496 e. The number of ether oxygens (including phenoxy) is 3. The van der Waals surface area contributed by atoms with Gasteiger partial charge in [0.15, 0.2) is 5.76 Å². The molecule has 3 aromatic carbocycles. The van der Waals surface area contributed by atoms with Crippen molar-refractivity contribution in [3.05, 3.63) is 94.9 Å². The van der Waals surface area contributed by atoms with Crippen LogP contribution in [0.1, 0.15) is 39.4 Å². The third kappa shape index (κ3) is 3.03. The summed E-state index contributed by atoms with van der Waals surface area (Å²) in [5.74, 6) is 0.882. The Balaban J connectivity index is 1.49. The van der Waals surface area contributed by atoms with Crippen LogP contribution in [0.25, 0.3) is 17.0 Å². The fraction of sp³-hybridized carbons (Fsp3) is 0.143. The minimum atomic E-state index is -0.355. The molecule has 4 aromatic rings. The van der Waals surface area contributed by atoms with Gasteiger partial charge in [-0.1, -0.05) is 36.4 Å². The first kappa shape index (κ1) is 20.3. The van der Waals surface area contributed by atoms with Crippen molar-refractivity contribution in [2.75, 3.05) is 7.11 Å². The van der Waals surface area contributed by atoms with E-state index < -0.39 is 0 Å². The summed E-state index contributed by atoms with van der Waals surface area (Å²) < 4.78 is 19.3. The van der Waals surface area contributed by atoms with Gasteiger partial charge in [-0.3, -0.25) is 9.59 Å². The fourth-order valence-electron chi connectivity index (χ4n) is 4.96. The van der Waals surface area contributed by atoms with Gasteiger partial charge in [-0.15, -0.1) is 0 Å². The molecule has 0 amide bonds. The predicted octanol–water partition coefficient (Wildman–Crippen LogP) is 5.24. The monoisotopic (exact) mass is 451 g/mol. The highest BCUT2D eigenvalue weighted by Gasteiger charge is 2.39. The molecule has 6 rings (SSSR count). The van der Waals surface area contributed by atoms with Crippen LogP contribution < -0.4 is 14.2 Å². The molecule has 6 nitrogen and oxygen atoms in total. The lowest BCUT2D eigenvalue weighted by atomic mass is 9.84. The first-order valence-electron chi connectivity index (χ1n) is 11.0. The molecule has 1 aromatic heterocycles. The van der Waals surface area contributed by atoms with Crippen LogP contribution in [0.4, 0.5) is 0 Å². The number of nitrogens with zero attached hydrogens (tertiary/aromatic N) is 1. The van der Waals surface area contributed by atoms with Crippen LogP contribution >= 0.6 is 0 Å². The Morgan fingerprint density at radius 1 is 1.00 bits per heavy atom. The Morgan fingerprint density at radius 3 is 2.65 bits per heavy atom. The quantitative estimate of drug-likeness (QED) is 0.242. The molecule has 34 heavy (non-hydrogen) atoms. The van der Waals surface area contributed by atoms with Gasteiger partial charge >= 0.3 is 5.97 Å². The molecule has 1 unspecified atom stereocenters. The second kappa shape index (κ2) is 7.63. The third-order valence-corrected chi connectivity index (χ3v) is 6.51. The minimum absolute atomic E-state index is 0.129. The van der Waals surface area contributed by atoms with Crippen LogP contribution in [0.3, 0.4) is 0 Å². The molecular formula is C28H21NO5. The molecule has 2 aliphatic heterocycles. The lowest BCUT2D eigenvalue weighted by molar-refractivity contribution is -0.135. The normalized spacial score (nSPS) is 17.9. The zero-order valence-electron chi connectivity index (χ0n) is 18.7. The van der Waals surface area contributed by atoms with Crippen LogP contribution in [0.5, 0.6) is 17.2 Å². The highest BCUT2D eigenvalue weighted by molar-refractivity contribution is 6.15. The molecule has 1 atom stereocenters. The van der Waals surface area contributed by atoms with Crippen LogP contribution in [-0.2, 0) is 11.8 Å². The molecule has 168 valence electrons. The van der Waals surface area contributed by atoms with Crippen molar-refractivity contribution >= 4 is 28.7 Å². The first-order chi connectivity index (χ1) is 16.5. The number of benzene rings is 3. The molecule has 0 aliphatic carbocycles. The fourth-order valence-corrected chi connectivity index (χ4v) is 4.96. The van der Waals surface area contributed by atoms with E-state index in [9.17, 15) is 9.59 Å². The van der Waals surface area contributed by atoms with Crippen LogP contribution in [0.2, 0.25) is 0 Å². The number of hydrogen-bond donors (Lipinski definition) is 0. The summed E-state index contributed by atoms with van der Waals surface area (Å²) in [7, 11) is 3.57. The Hall–Kier alpha value is -4.32. The highest BCUT2D eigenvalue weighted by atomic mass is 16.5. The van der Waals surface area contributed by atoms with Crippen LogP contribution in [0.15, 0.2) is 72.6 Å². The lowest BCUT2D eigenvalue weighted by Gasteiger charge is -2.27. The summed E-state index contributed by atoms with van der Waals surface area (Å²) in [5, 5.41) is 1.03. The zero-order chi connectivity index (χ0) is 23.4. The summed E-state index contributed by atoms with van der Waals surface area (Å²) in [5.41, 5.74) is 3.96. The smallest absolute Gasteiger partial charge is 0.312 e. The van der Waals surface area contributed by atoms with Crippen molar-refractivity contribution in [2.24, 2.45) is 7.05 Å². The molecular weight excluding hydrogens is 430 g/mol. The first-order valence-corrected chi connectivity index (χ1v) is 11.0. The van der Waals surface area contributed by atoms with Crippen molar-refractivity contribution in [3.63, 3.8) is 0 Å². The maximum Gasteiger partial charge on any atom is 0.312 e. The lowest BCUT2D eigenvalue weighted by Crippen LogP contribution is -2.22. The number of rotatable bonds is 3. The predicted molar refractivity (Wildman–Crippen MR) is 127 cm³/mol. The van der Waals surface area contributed by atoms with Crippen LogP contribution in [0, 0.1) is 0 Å². The number of carbonyl (C=O) groups is 2. The number of aromatic nitrogens is 1. The number of aryl methyl sites for hydroxylation is 1. The summed E-state index contributed by atoms with van der Waals surface area (Å²) in [6.45, 7) is 0. The second-order valence-electron chi connectivity index (χ2n) is 8.48. The Kier molecular flexibility index (Phi) is 4.55. The Morgan fingerprint density at radius 2 is 1.79 bits per heavy atom. The van der Waals surface area contributed by atoms with Gasteiger partial charge in [-0.2, -0.15) is 0 Å². The number of carbonyl (C=O) groups excluding carboxylic acids is 2. The highest BCUT2D eigenvalue weighted by Crippen LogP contribution is 2.50. The van der Waals surface area contributed by atoms with E-state index in [0.717, 1.165) is 22.0 Å². The molecule has 0 fully saturated rings. The molecule has 0 saturated carbocycles. The largest absolute Gasteiger partial charge is 0.496 e. The van der Waals surface area contributed by atoms with Gasteiger partial charge in [0.25, 0.3) is 0 Å². The molecule has 0 spiro atoms. The van der Waals surface area contributed by atoms with Gasteiger partial charge in [0.05, 0.1) is 19.1 Å². The number of fused-ring (bicyclic) bond motifs is 4. The Labute approximate surface area is 196 Å². The van der Waals surface area contributed by atoms with E-state index in [1.165, 1.54) is 0 Å². The molecule has 3 heterocycles. The van der Waals surface area contributed by atoms with Gasteiger partial charge in [-0.05, 0) is 30.3 Å². The van der Waals surface area contributed by atoms with E-state index >= 15 is 0 Å². The average molecular weight is 451 g/mol. The molecule has 0 radical (unpaired) electrons. The maximum absolute atomic E-state index is 13.3. The Bertz CT molecular complexity index is 1530. The number of ketones is 1. The topological polar surface area (TPSA) is 66.8 Å². The average Bonchev–Trinajstić information content (AvgIpc) is 3.35. The van der Waals surface area contributed by atoms with Crippen molar-refractivity contribution in [2.45, 2.75) is 12.3 Å². The second-order valence-corrected chi connectivity index (χ2v) is 8.48.